The van der Waals surface area contributed by atoms with Crippen LogP contribution in [0.2, 0.25) is 5.02 Å². The molecule has 0 aliphatic rings. The first-order valence-corrected chi connectivity index (χ1v) is 7.75. The topological polar surface area (TPSA) is 51.2 Å². The van der Waals surface area contributed by atoms with Crippen LogP contribution in [0.15, 0.2) is 12.3 Å². The van der Waals surface area contributed by atoms with Gasteiger partial charge in [-0.15, -0.1) is 11.6 Å². The summed E-state index contributed by atoms with van der Waals surface area (Å²) in [4.78, 5) is 16.3. The summed E-state index contributed by atoms with van der Waals surface area (Å²) in [6, 6.07) is 1.48. The Morgan fingerprint density at radius 3 is 2.52 bits per heavy atom. The van der Waals surface area contributed by atoms with Crippen molar-refractivity contribution in [3.8, 4) is 0 Å². The van der Waals surface area contributed by atoms with Crippen LogP contribution in [0, 0.1) is 5.92 Å². The van der Waals surface area contributed by atoms with E-state index in [2.05, 4.69) is 10.3 Å². The molecular weight excluding hydrogens is 311 g/mol. The summed E-state index contributed by atoms with van der Waals surface area (Å²) in [5.74, 6) is 0.412. The number of hydrogen-bond acceptors (Lipinski definition) is 3. The molecule has 6 heteroatoms. The average molecular weight is 333 g/mol. The Bertz CT molecular complexity index is 499. The first kappa shape index (κ1) is 18.1. The Hall–Kier alpha value is -1.000. The van der Waals surface area contributed by atoms with E-state index in [9.17, 15) is 4.79 Å². The van der Waals surface area contributed by atoms with Gasteiger partial charge in [-0.1, -0.05) is 25.4 Å². The number of halogens is 2. The molecule has 21 heavy (non-hydrogen) atoms. The van der Waals surface area contributed by atoms with Crippen LogP contribution in [0.4, 0.5) is 4.79 Å². The predicted molar refractivity (Wildman–Crippen MR) is 85.8 cm³/mol. The van der Waals surface area contributed by atoms with Crippen molar-refractivity contribution in [1.82, 2.24) is 10.3 Å². The number of alkyl carbamates (subject to hydrolysis) is 1. The summed E-state index contributed by atoms with van der Waals surface area (Å²) >= 11 is 11.9. The second kappa shape index (κ2) is 7.32. The van der Waals surface area contributed by atoms with Gasteiger partial charge in [-0.3, -0.25) is 4.98 Å². The van der Waals surface area contributed by atoms with Gasteiger partial charge in [0.2, 0.25) is 0 Å². The van der Waals surface area contributed by atoms with Gasteiger partial charge in [0.15, 0.2) is 0 Å². The number of nitrogens with zero attached hydrogens (tertiary/aromatic N) is 1. The molecule has 0 spiro atoms. The van der Waals surface area contributed by atoms with E-state index in [1.165, 1.54) is 0 Å². The SMILES string of the molecule is CC(C)[C@H](NC(=O)OC(C)(C)C)c1ncc(Cl)cc1CCl. The van der Waals surface area contributed by atoms with Crippen molar-refractivity contribution in [2.75, 3.05) is 0 Å². The average Bonchev–Trinajstić information content (AvgIpc) is 2.33. The number of rotatable bonds is 4. The summed E-state index contributed by atoms with van der Waals surface area (Å²) in [7, 11) is 0. The van der Waals surface area contributed by atoms with E-state index in [0.717, 1.165) is 11.3 Å². The Morgan fingerprint density at radius 2 is 2.05 bits per heavy atom. The van der Waals surface area contributed by atoms with Crippen LogP contribution in [0.25, 0.3) is 0 Å². The highest BCUT2D eigenvalue weighted by molar-refractivity contribution is 6.30. The van der Waals surface area contributed by atoms with Crippen molar-refractivity contribution in [3.63, 3.8) is 0 Å². The number of aromatic nitrogens is 1. The third kappa shape index (κ3) is 5.71. The van der Waals surface area contributed by atoms with Crippen molar-refractivity contribution >= 4 is 29.3 Å². The fourth-order valence-corrected chi connectivity index (χ4v) is 2.26. The summed E-state index contributed by atoms with van der Waals surface area (Å²) in [6.07, 6.45) is 1.08. The highest BCUT2D eigenvalue weighted by atomic mass is 35.5. The monoisotopic (exact) mass is 332 g/mol. The molecule has 0 radical (unpaired) electrons. The maximum Gasteiger partial charge on any atom is 0.408 e. The molecule has 0 fully saturated rings. The maximum absolute atomic E-state index is 12.0. The molecule has 1 N–H and O–H groups in total. The van der Waals surface area contributed by atoms with Crippen molar-refractivity contribution in [2.45, 2.75) is 52.1 Å². The van der Waals surface area contributed by atoms with Gasteiger partial charge in [-0.05, 0) is 38.3 Å². The number of amides is 1. The highest BCUT2D eigenvalue weighted by Crippen LogP contribution is 2.26. The van der Waals surface area contributed by atoms with Crippen LogP contribution in [0.5, 0.6) is 0 Å². The zero-order chi connectivity index (χ0) is 16.2. The van der Waals surface area contributed by atoms with Crippen LogP contribution in [-0.2, 0) is 10.6 Å². The van der Waals surface area contributed by atoms with Gasteiger partial charge in [0, 0.05) is 12.1 Å². The minimum absolute atomic E-state index is 0.133. The quantitative estimate of drug-likeness (QED) is 0.813. The molecule has 4 nitrogen and oxygen atoms in total. The van der Waals surface area contributed by atoms with Crippen LogP contribution in [0.1, 0.15) is 51.9 Å². The fraction of sp³-hybridized carbons (Fsp3) is 0.600. The molecule has 0 aromatic carbocycles. The van der Waals surface area contributed by atoms with E-state index in [-0.39, 0.29) is 17.8 Å². The third-order valence-electron chi connectivity index (χ3n) is 2.75. The Kier molecular flexibility index (Phi) is 6.29. The van der Waals surface area contributed by atoms with Crippen LogP contribution >= 0.6 is 23.2 Å². The second-order valence-electron chi connectivity index (χ2n) is 6.20. The van der Waals surface area contributed by atoms with E-state index in [1.807, 2.05) is 34.6 Å². The molecule has 1 rings (SSSR count). The fourth-order valence-electron chi connectivity index (χ4n) is 1.86. The lowest BCUT2D eigenvalue weighted by molar-refractivity contribution is 0.0488. The number of hydrogen-bond donors (Lipinski definition) is 1. The molecule has 1 atom stereocenters. The Morgan fingerprint density at radius 1 is 1.43 bits per heavy atom. The summed E-state index contributed by atoms with van der Waals surface area (Å²) in [5.41, 5.74) is 0.975. The Balaban J connectivity index is 3.00. The van der Waals surface area contributed by atoms with Gasteiger partial charge in [0.05, 0.1) is 16.8 Å². The van der Waals surface area contributed by atoms with Gasteiger partial charge >= 0.3 is 6.09 Å². The molecule has 0 saturated carbocycles. The lowest BCUT2D eigenvalue weighted by atomic mass is 9.97. The van der Waals surface area contributed by atoms with E-state index in [4.69, 9.17) is 27.9 Å². The van der Waals surface area contributed by atoms with Crippen LogP contribution in [-0.4, -0.2) is 16.7 Å². The van der Waals surface area contributed by atoms with Crippen molar-refractivity contribution in [2.24, 2.45) is 5.92 Å². The van der Waals surface area contributed by atoms with Gasteiger partial charge in [0.1, 0.15) is 5.60 Å². The van der Waals surface area contributed by atoms with Crippen LogP contribution in [0.3, 0.4) is 0 Å². The molecule has 118 valence electrons. The predicted octanol–water partition coefficient (Wildman–Crippen LogP) is 4.70. The second-order valence-corrected chi connectivity index (χ2v) is 6.90. The van der Waals surface area contributed by atoms with E-state index in [0.29, 0.717) is 5.02 Å². The number of carbonyl (C=O) groups excluding carboxylic acids is 1. The highest BCUT2D eigenvalue weighted by Gasteiger charge is 2.25. The Labute approximate surface area is 136 Å². The summed E-state index contributed by atoms with van der Waals surface area (Å²) in [6.45, 7) is 9.46. The number of alkyl halides is 1. The molecule has 0 aliphatic heterocycles. The minimum Gasteiger partial charge on any atom is -0.444 e. The zero-order valence-corrected chi connectivity index (χ0v) is 14.5. The number of carbonyl (C=O) groups is 1. The molecule has 0 aliphatic carbocycles. The molecule has 1 aromatic heterocycles. The van der Waals surface area contributed by atoms with Gasteiger partial charge in [-0.25, -0.2) is 4.79 Å². The molecule has 0 bridgehead atoms. The molecule has 0 unspecified atom stereocenters. The van der Waals surface area contributed by atoms with E-state index >= 15 is 0 Å². The smallest absolute Gasteiger partial charge is 0.408 e. The van der Waals surface area contributed by atoms with E-state index < -0.39 is 11.7 Å². The summed E-state index contributed by atoms with van der Waals surface area (Å²) in [5, 5.41) is 3.38. The molecular formula is C15H22Cl2N2O2. The van der Waals surface area contributed by atoms with Crippen molar-refractivity contribution in [1.29, 1.82) is 0 Å². The number of ether oxygens (including phenoxy) is 1. The zero-order valence-electron chi connectivity index (χ0n) is 13.0. The molecule has 1 amide bonds. The van der Waals surface area contributed by atoms with Crippen LogP contribution < -0.4 is 5.32 Å². The van der Waals surface area contributed by atoms with Crippen molar-refractivity contribution in [3.05, 3.63) is 28.5 Å². The lowest BCUT2D eigenvalue weighted by Gasteiger charge is -2.26. The first-order chi connectivity index (χ1) is 9.64. The third-order valence-corrected chi connectivity index (χ3v) is 3.24. The molecule has 1 aromatic rings. The normalized spacial score (nSPS) is 13.1. The largest absolute Gasteiger partial charge is 0.444 e. The van der Waals surface area contributed by atoms with E-state index in [1.54, 1.807) is 12.3 Å². The number of nitrogens with one attached hydrogen (secondary N) is 1. The first-order valence-electron chi connectivity index (χ1n) is 6.84. The molecule has 0 saturated heterocycles. The number of pyridine rings is 1. The maximum atomic E-state index is 12.0. The van der Waals surface area contributed by atoms with Gasteiger partial charge in [0.25, 0.3) is 0 Å². The molecule has 1 heterocycles. The van der Waals surface area contributed by atoms with Gasteiger partial charge < -0.3 is 10.1 Å². The minimum atomic E-state index is -0.547. The van der Waals surface area contributed by atoms with Crippen molar-refractivity contribution < 1.29 is 9.53 Å². The standard InChI is InChI=1S/C15H22Cl2N2O2/c1-9(2)12(19-14(20)21-15(3,4)5)13-10(7-16)6-11(17)8-18-13/h6,8-9,12H,7H2,1-5H3,(H,19,20)/t12-/m0/s1. The summed E-state index contributed by atoms with van der Waals surface area (Å²) < 4.78 is 5.30. The lowest BCUT2D eigenvalue weighted by Crippen LogP contribution is -2.37. The van der Waals surface area contributed by atoms with Gasteiger partial charge in [-0.2, -0.15) is 0 Å².